The van der Waals surface area contributed by atoms with Crippen LogP contribution >= 0.6 is 0 Å². The maximum atomic E-state index is 13.9. The van der Waals surface area contributed by atoms with Gasteiger partial charge < -0.3 is 0 Å². The summed E-state index contributed by atoms with van der Waals surface area (Å²) in [6, 6.07) is 15.3. The molecule has 0 aliphatic heterocycles. The number of rotatable bonds is 10. The second-order valence-electron chi connectivity index (χ2n) is 8.00. The first-order chi connectivity index (χ1) is 15.1. The lowest BCUT2D eigenvalue weighted by Crippen LogP contribution is -2.46. The van der Waals surface area contributed by atoms with Gasteiger partial charge in [-0.3, -0.25) is 0 Å². The maximum absolute atomic E-state index is 13.9. The Morgan fingerprint density at radius 1 is 0.844 bits per heavy atom. The van der Waals surface area contributed by atoms with Gasteiger partial charge in [0, 0.05) is 12.8 Å². The molecule has 0 saturated carbocycles. The van der Waals surface area contributed by atoms with E-state index < -0.39 is 30.2 Å². The minimum Gasteiger partial charge on any atom is -0.222 e. The van der Waals surface area contributed by atoms with Crippen molar-refractivity contribution in [1.82, 2.24) is 0 Å². The molecule has 32 heavy (non-hydrogen) atoms. The van der Waals surface area contributed by atoms with Crippen molar-refractivity contribution in [1.29, 1.82) is 0 Å². The van der Waals surface area contributed by atoms with Crippen molar-refractivity contribution < 1.29 is 16.8 Å². The third-order valence-electron chi connectivity index (χ3n) is 5.31. The molecule has 0 aromatic heterocycles. The Bertz CT molecular complexity index is 1140. The summed E-state index contributed by atoms with van der Waals surface area (Å²) in [7, 11) is -8.69. The van der Waals surface area contributed by atoms with Crippen molar-refractivity contribution in [3.63, 3.8) is 0 Å². The van der Waals surface area contributed by atoms with E-state index in [1.165, 1.54) is 29.8 Å². The third-order valence-corrected chi connectivity index (χ3v) is 11.0. The molecule has 0 radical (unpaired) electrons. The predicted octanol–water partition coefficient (Wildman–Crippen LogP) is 5.74. The fourth-order valence-electron chi connectivity index (χ4n) is 3.43. The van der Waals surface area contributed by atoms with Crippen LogP contribution in [0.2, 0.25) is 0 Å². The summed E-state index contributed by atoms with van der Waals surface area (Å²) < 4.78 is 53.3. The fourth-order valence-corrected chi connectivity index (χ4v) is 8.21. The topological polar surface area (TPSA) is 68.3 Å². The van der Waals surface area contributed by atoms with Crippen molar-refractivity contribution in [2.75, 3.05) is 0 Å². The van der Waals surface area contributed by atoms with Gasteiger partial charge in [0.05, 0.1) is 9.79 Å². The van der Waals surface area contributed by atoms with Crippen LogP contribution in [0.25, 0.3) is 0 Å². The van der Waals surface area contributed by atoms with E-state index in [1.807, 2.05) is 20.8 Å². The molecule has 0 unspecified atom stereocenters. The van der Waals surface area contributed by atoms with E-state index >= 15 is 0 Å². The number of hydrogen-bond acceptors (Lipinski definition) is 4. The second-order valence-corrected chi connectivity index (χ2v) is 12.8. The second kappa shape index (κ2) is 10.8. The molecule has 0 N–H and O–H groups in total. The zero-order valence-electron chi connectivity index (χ0n) is 18.8. The molecule has 6 heteroatoms. The highest BCUT2D eigenvalue weighted by Crippen LogP contribution is 2.41. The van der Waals surface area contributed by atoms with E-state index in [1.54, 1.807) is 42.5 Å². The summed E-state index contributed by atoms with van der Waals surface area (Å²) in [5.41, 5.74) is 2.10. The highest BCUT2D eigenvalue weighted by Gasteiger charge is 2.55. The maximum Gasteiger partial charge on any atom is 0.200 e. The van der Waals surface area contributed by atoms with Crippen LogP contribution in [-0.2, 0) is 19.7 Å². The van der Waals surface area contributed by atoms with Crippen LogP contribution < -0.4 is 0 Å². The van der Waals surface area contributed by atoms with Gasteiger partial charge in [-0.2, -0.15) is 0 Å². The van der Waals surface area contributed by atoms with Crippen molar-refractivity contribution in [2.24, 2.45) is 0 Å². The largest absolute Gasteiger partial charge is 0.222 e. The molecule has 2 rings (SSSR count). The predicted molar refractivity (Wildman–Crippen MR) is 130 cm³/mol. The van der Waals surface area contributed by atoms with Crippen LogP contribution in [0.5, 0.6) is 0 Å². The van der Waals surface area contributed by atoms with Gasteiger partial charge >= 0.3 is 0 Å². The monoisotopic (exact) mass is 470 g/mol. The third kappa shape index (κ3) is 5.40. The number of benzene rings is 2. The molecule has 0 aliphatic carbocycles. The molecule has 0 spiro atoms. The number of hydrogen-bond donors (Lipinski definition) is 0. The quantitative estimate of drug-likeness (QED) is 0.328. The molecular formula is C26H30O4S2. The molecular weight excluding hydrogens is 440 g/mol. The van der Waals surface area contributed by atoms with Crippen molar-refractivity contribution in [3.8, 4) is 12.3 Å². The van der Waals surface area contributed by atoms with Gasteiger partial charge in [0.2, 0.25) is 0 Å². The highest BCUT2D eigenvalue weighted by molar-refractivity contribution is 8.10. The summed E-state index contributed by atoms with van der Waals surface area (Å²) in [5.74, 6) is 2.35. The van der Waals surface area contributed by atoms with Crippen LogP contribution in [0.15, 0.2) is 93.8 Å². The molecule has 0 aliphatic rings. The summed E-state index contributed by atoms with van der Waals surface area (Å²) in [4.78, 5) is -0.129. The average molecular weight is 471 g/mol. The van der Waals surface area contributed by atoms with Crippen LogP contribution in [0.4, 0.5) is 0 Å². The summed E-state index contributed by atoms with van der Waals surface area (Å²) in [5, 5.41) is 0. The normalized spacial score (nSPS) is 12.8. The molecule has 4 nitrogen and oxygen atoms in total. The molecule has 0 fully saturated rings. The Morgan fingerprint density at radius 2 is 1.31 bits per heavy atom. The molecule has 0 saturated heterocycles. The summed E-state index contributed by atoms with van der Waals surface area (Å²) >= 11 is 0. The SMILES string of the molecule is C#CCC(C/C=C(\C)CCC=C(C)C)(S(=O)(=O)c1ccccc1)S(=O)(=O)c1ccccc1. The van der Waals surface area contributed by atoms with Gasteiger partial charge in [0.1, 0.15) is 0 Å². The highest BCUT2D eigenvalue weighted by atomic mass is 32.3. The first kappa shape index (κ1) is 25.6. The number of sulfone groups is 2. The standard InChI is InChI=1S/C26H30O4S2/c1-5-20-26(21-19-23(4)14-12-13-22(2)3,31(27,28)24-15-8-6-9-16-24)32(29,30)25-17-10-7-11-18-25/h1,6-11,13,15-19H,12,14,20-21H2,2-4H3/b23-19+. The van der Waals surface area contributed by atoms with Crippen molar-refractivity contribution >= 4 is 19.7 Å². The smallest absolute Gasteiger partial charge is 0.200 e. The summed E-state index contributed by atoms with van der Waals surface area (Å²) in [6.45, 7) is 5.90. The van der Waals surface area contributed by atoms with Gasteiger partial charge in [0.15, 0.2) is 23.8 Å². The first-order valence-corrected chi connectivity index (χ1v) is 13.4. The minimum atomic E-state index is -4.35. The van der Waals surface area contributed by atoms with Gasteiger partial charge in [-0.1, -0.05) is 59.7 Å². The molecule has 170 valence electrons. The Hall–Kier alpha value is -2.62. The number of allylic oxidation sites excluding steroid dienone is 4. The Morgan fingerprint density at radius 3 is 1.72 bits per heavy atom. The molecule has 0 bridgehead atoms. The van der Waals surface area contributed by atoms with Gasteiger partial charge in [-0.25, -0.2) is 16.8 Å². The van der Waals surface area contributed by atoms with Gasteiger partial charge in [-0.15, -0.1) is 12.3 Å². The lowest BCUT2D eigenvalue weighted by Gasteiger charge is -2.31. The van der Waals surface area contributed by atoms with E-state index in [2.05, 4.69) is 12.0 Å². The molecule has 2 aromatic carbocycles. The van der Waals surface area contributed by atoms with Crippen molar-refractivity contribution in [3.05, 3.63) is 84.0 Å². The molecule has 0 atom stereocenters. The van der Waals surface area contributed by atoms with Crippen molar-refractivity contribution in [2.45, 2.75) is 60.3 Å². The van der Waals surface area contributed by atoms with E-state index in [9.17, 15) is 16.8 Å². The number of terminal acetylenes is 1. The zero-order valence-corrected chi connectivity index (χ0v) is 20.4. The average Bonchev–Trinajstić information content (AvgIpc) is 2.77. The van der Waals surface area contributed by atoms with Crippen LogP contribution in [0, 0.1) is 12.3 Å². The van der Waals surface area contributed by atoms with E-state index in [-0.39, 0.29) is 16.2 Å². The Kier molecular flexibility index (Phi) is 8.65. The molecule has 2 aromatic rings. The molecule has 0 heterocycles. The lowest BCUT2D eigenvalue weighted by molar-refractivity contribution is 0.538. The van der Waals surface area contributed by atoms with Crippen LogP contribution in [0.3, 0.4) is 0 Å². The zero-order chi connectivity index (χ0) is 23.8. The Balaban J connectivity index is 2.69. The minimum absolute atomic E-state index is 0.0645. The molecule has 0 amide bonds. The van der Waals surface area contributed by atoms with Gasteiger partial charge in [-0.05, 0) is 57.9 Å². The Labute approximate surface area is 192 Å². The van der Waals surface area contributed by atoms with Gasteiger partial charge in [0.25, 0.3) is 0 Å². The first-order valence-electron chi connectivity index (χ1n) is 10.4. The lowest BCUT2D eigenvalue weighted by atomic mass is 10.1. The van der Waals surface area contributed by atoms with E-state index in [0.29, 0.717) is 6.42 Å². The van der Waals surface area contributed by atoms with E-state index in [4.69, 9.17) is 6.42 Å². The van der Waals surface area contributed by atoms with Crippen LogP contribution in [0.1, 0.15) is 46.5 Å². The van der Waals surface area contributed by atoms with E-state index in [0.717, 1.165) is 12.0 Å². The fraction of sp³-hybridized carbons (Fsp3) is 0.308. The van der Waals surface area contributed by atoms with Crippen LogP contribution in [-0.4, -0.2) is 20.9 Å². The summed E-state index contributed by atoms with van der Waals surface area (Å²) in [6.07, 6.45) is 10.2.